The van der Waals surface area contributed by atoms with E-state index in [1.165, 1.54) is 25.7 Å². The van der Waals surface area contributed by atoms with Crippen LogP contribution in [0.4, 0.5) is 0 Å². The van der Waals surface area contributed by atoms with Gasteiger partial charge < -0.3 is 15.6 Å². The van der Waals surface area contributed by atoms with E-state index in [2.05, 4.69) is 55.5 Å². The molecule has 0 aromatic carbocycles. The van der Waals surface area contributed by atoms with Gasteiger partial charge in [0, 0.05) is 6.42 Å². The first-order chi connectivity index (χ1) is 13.2. The maximum atomic E-state index is 11.4. The number of ether oxygens (including phenoxy) is 1. The summed E-state index contributed by atoms with van der Waals surface area (Å²) in [5.74, 6) is -0.255. The summed E-state index contributed by atoms with van der Waals surface area (Å²) in [6, 6.07) is -0.484. The van der Waals surface area contributed by atoms with Gasteiger partial charge in [-0.05, 0) is 44.9 Å². The van der Waals surface area contributed by atoms with E-state index in [-0.39, 0.29) is 19.2 Å². The van der Waals surface area contributed by atoms with Gasteiger partial charge in [-0.1, -0.05) is 68.4 Å². The molecule has 0 aromatic heterocycles. The van der Waals surface area contributed by atoms with Crippen molar-refractivity contribution in [2.75, 3.05) is 13.2 Å². The second-order valence-corrected chi connectivity index (χ2v) is 6.61. The van der Waals surface area contributed by atoms with Crippen molar-refractivity contribution in [3.63, 3.8) is 0 Å². The second kappa shape index (κ2) is 20.7. The number of nitrogens with two attached hydrogens (primary N) is 1. The molecule has 0 rings (SSSR count). The summed E-state index contributed by atoms with van der Waals surface area (Å²) in [5.41, 5.74) is 5.46. The van der Waals surface area contributed by atoms with E-state index in [0.717, 1.165) is 32.1 Å². The van der Waals surface area contributed by atoms with E-state index in [1.807, 2.05) is 0 Å². The lowest BCUT2D eigenvalue weighted by Crippen LogP contribution is -2.31. The molecule has 0 fully saturated rings. The summed E-state index contributed by atoms with van der Waals surface area (Å²) < 4.78 is 4.95. The first-order valence-corrected chi connectivity index (χ1v) is 10.3. The fourth-order valence-electron chi connectivity index (χ4n) is 2.25. The molecule has 0 saturated carbocycles. The van der Waals surface area contributed by atoms with Crippen LogP contribution in [0.25, 0.3) is 0 Å². The van der Waals surface area contributed by atoms with Crippen LogP contribution in [0.2, 0.25) is 0 Å². The second-order valence-electron chi connectivity index (χ2n) is 6.61. The lowest BCUT2D eigenvalue weighted by Gasteiger charge is -2.08. The van der Waals surface area contributed by atoms with Crippen LogP contribution < -0.4 is 5.73 Å². The highest BCUT2D eigenvalue weighted by Gasteiger charge is 2.05. The number of hydrogen-bond donors (Lipinski definition) is 2. The molecule has 0 unspecified atom stereocenters. The molecule has 0 aliphatic carbocycles. The number of carbonyl (C=O) groups excluding carboxylic acids is 1. The fraction of sp³-hybridized carbons (Fsp3) is 0.609. The molecule has 154 valence electrons. The zero-order chi connectivity index (χ0) is 20.0. The van der Waals surface area contributed by atoms with Crippen molar-refractivity contribution < 1.29 is 14.6 Å². The van der Waals surface area contributed by atoms with Gasteiger partial charge in [0.1, 0.15) is 6.61 Å². The van der Waals surface area contributed by atoms with E-state index in [0.29, 0.717) is 6.42 Å². The van der Waals surface area contributed by atoms with Gasteiger partial charge in [-0.3, -0.25) is 4.79 Å². The third-order valence-electron chi connectivity index (χ3n) is 3.90. The number of hydrogen-bond acceptors (Lipinski definition) is 4. The predicted octanol–water partition coefficient (Wildman–Crippen LogP) is 4.99. The fourth-order valence-corrected chi connectivity index (χ4v) is 2.25. The monoisotopic (exact) mass is 377 g/mol. The highest BCUT2D eigenvalue weighted by atomic mass is 16.5. The van der Waals surface area contributed by atoms with Gasteiger partial charge in [0.05, 0.1) is 12.6 Å². The van der Waals surface area contributed by atoms with E-state index in [4.69, 9.17) is 15.6 Å². The van der Waals surface area contributed by atoms with Crippen LogP contribution in [0.5, 0.6) is 0 Å². The van der Waals surface area contributed by atoms with Gasteiger partial charge >= 0.3 is 5.97 Å². The van der Waals surface area contributed by atoms with Crippen LogP contribution in [-0.4, -0.2) is 30.3 Å². The number of allylic oxidation sites excluding steroid dienone is 8. The van der Waals surface area contributed by atoms with Crippen molar-refractivity contribution in [3.05, 3.63) is 48.6 Å². The minimum Gasteiger partial charge on any atom is -0.464 e. The van der Waals surface area contributed by atoms with Crippen molar-refractivity contribution in [1.29, 1.82) is 0 Å². The van der Waals surface area contributed by atoms with Crippen molar-refractivity contribution in [2.24, 2.45) is 5.73 Å². The normalized spacial score (nSPS) is 13.4. The minimum atomic E-state index is -0.484. The molecule has 4 nitrogen and oxygen atoms in total. The third kappa shape index (κ3) is 20.5. The molecule has 1 atom stereocenters. The molecule has 0 saturated heterocycles. The topological polar surface area (TPSA) is 72.5 Å². The Morgan fingerprint density at radius 2 is 1.41 bits per heavy atom. The summed E-state index contributed by atoms with van der Waals surface area (Å²) in [7, 11) is 0. The zero-order valence-corrected chi connectivity index (χ0v) is 17.0. The first kappa shape index (κ1) is 25.4. The Hall–Kier alpha value is -1.65. The van der Waals surface area contributed by atoms with E-state index in [9.17, 15) is 4.79 Å². The Bertz CT molecular complexity index is 453. The molecule has 0 bridgehead atoms. The number of aliphatic hydroxyl groups excluding tert-OH is 1. The third-order valence-corrected chi connectivity index (χ3v) is 3.90. The molecule has 0 aliphatic rings. The summed E-state index contributed by atoms with van der Waals surface area (Å²) >= 11 is 0. The number of rotatable bonds is 17. The van der Waals surface area contributed by atoms with Gasteiger partial charge in [-0.25, -0.2) is 0 Å². The highest BCUT2D eigenvalue weighted by Crippen LogP contribution is 2.02. The molecular weight excluding hydrogens is 338 g/mol. The number of esters is 1. The summed E-state index contributed by atoms with van der Waals surface area (Å²) in [4.78, 5) is 11.4. The van der Waals surface area contributed by atoms with Crippen molar-refractivity contribution >= 4 is 5.97 Å². The van der Waals surface area contributed by atoms with Crippen LogP contribution in [0.15, 0.2) is 48.6 Å². The average molecular weight is 378 g/mol. The number of carbonyl (C=O) groups is 1. The summed E-state index contributed by atoms with van der Waals surface area (Å²) in [6.45, 7) is 2.14. The van der Waals surface area contributed by atoms with E-state index in [1.54, 1.807) is 0 Å². The highest BCUT2D eigenvalue weighted by molar-refractivity contribution is 5.69. The number of aliphatic hydroxyl groups is 1. The quantitative estimate of drug-likeness (QED) is 0.213. The standard InChI is InChI=1S/C23H39NO3/c1-2-3-4-5-6-7-8-9-10-11-12-13-14-15-16-17-18-19-23(26)27-21-22(24)20-25/h6-7,9-10,12-13,15-16,22,25H,2-5,8,11,14,17-21,24H2,1H3/b7-6+,10-9+,13-12+,16-15+/t22-/m1/s1. The Balaban J connectivity index is 3.49. The molecule has 0 aromatic rings. The van der Waals surface area contributed by atoms with Crippen molar-refractivity contribution in [3.8, 4) is 0 Å². The Morgan fingerprint density at radius 3 is 1.93 bits per heavy atom. The van der Waals surface area contributed by atoms with E-state index >= 15 is 0 Å². The van der Waals surface area contributed by atoms with Crippen LogP contribution in [-0.2, 0) is 9.53 Å². The molecule has 0 heterocycles. The molecule has 4 heteroatoms. The lowest BCUT2D eigenvalue weighted by atomic mass is 10.2. The largest absolute Gasteiger partial charge is 0.464 e. The van der Waals surface area contributed by atoms with Crippen LogP contribution in [0, 0.1) is 0 Å². The van der Waals surface area contributed by atoms with Gasteiger partial charge in [0.2, 0.25) is 0 Å². The van der Waals surface area contributed by atoms with Gasteiger partial charge in [0.15, 0.2) is 0 Å². The van der Waals surface area contributed by atoms with Crippen LogP contribution in [0.1, 0.15) is 71.1 Å². The maximum Gasteiger partial charge on any atom is 0.305 e. The molecule has 27 heavy (non-hydrogen) atoms. The maximum absolute atomic E-state index is 11.4. The first-order valence-electron chi connectivity index (χ1n) is 10.3. The molecular formula is C23H39NO3. The van der Waals surface area contributed by atoms with Gasteiger partial charge in [0.25, 0.3) is 0 Å². The van der Waals surface area contributed by atoms with Gasteiger partial charge in [-0.2, -0.15) is 0 Å². The number of unbranched alkanes of at least 4 members (excludes halogenated alkanes) is 4. The Morgan fingerprint density at radius 1 is 0.889 bits per heavy atom. The lowest BCUT2D eigenvalue weighted by molar-refractivity contribution is -0.144. The molecule has 3 N–H and O–H groups in total. The predicted molar refractivity (Wildman–Crippen MR) is 114 cm³/mol. The molecule has 0 radical (unpaired) electrons. The van der Waals surface area contributed by atoms with Crippen molar-refractivity contribution in [2.45, 2.75) is 77.2 Å². The minimum absolute atomic E-state index is 0.0830. The SMILES string of the molecule is CCCCC/C=C/C/C=C/C/C=C/C/C=C/CCCC(=O)OC[C@H](N)CO. The smallest absolute Gasteiger partial charge is 0.305 e. The zero-order valence-electron chi connectivity index (χ0n) is 17.0. The van der Waals surface area contributed by atoms with E-state index < -0.39 is 6.04 Å². The molecule has 0 spiro atoms. The molecule has 0 amide bonds. The van der Waals surface area contributed by atoms with Crippen molar-refractivity contribution in [1.82, 2.24) is 0 Å². The summed E-state index contributed by atoms with van der Waals surface area (Å²) in [6.07, 6.45) is 27.5. The van der Waals surface area contributed by atoms with Gasteiger partial charge in [-0.15, -0.1) is 0 Å². The molecule has 0 aliphatic heterocycles. The Labute approximate surface area is 165 Å². The summed E-state index contributed by atoms with van der Waals surface area (Å²) in [5, 5.41) is 8.74. The average Bonchev–Trinajstić information content (AvgIpc) is 2.68. The van der Waals surface area contributed by atoms with Crippen LogP contribution in [0.3, 0.4) is 0 Å². The van der Waals surface area contributed by atoms with Crippen LogP contribution >= 0.6 is 0 Å². The Kier molecular flexibility index (Phi) is 19.4.